The number of hydrogen-bond acceptors (Lipinski definition) is 2. The molecule has 0 fully saturated rings. The van der Waals surface area contributed by atoms with Gasteiger partial charge in [0.1, 0.15) is 0 Å². The second-order valence-electron chi connectivity index (χ2n) is 10.0. The number of nitrogens with zero attached hydrogens (tertiary/aromatic N) is 1. The SMILES string of the molecule is O=C1C(=C2C=C(c3ccc(-n4c5ccccc5c5ccccc54)cc3)c3ccccc32)C(=O)c2ccccc21. The van der Waals surface area contributed by atoms with Gasteiger partial charge < -0.3 is 4.57 Å². The highest BCUT2D eigenvalue weighted by Crippen LogP contribution is 2.43. The van der Waals surface area contributed by atoms with Gasteiger partial charge in [0.2, 0.25) is 0 Å². The predicted octanol–water partition coefficient (Wildman–Crippen LogP) is 8.06. The zero-order valence-electron chi connectivity index (χ0n) is 20.9. The zero-order valence-corrected chi connectivity index (χ0v) is 20.9. The lowest BCUT2D eigenvalue weighted by atomic mass is 9.97. The molecule has 6 aromatic rings. The van der Waals surface area contributed by atoms with Crippen molar-refractivity contribution in [2.24, 2.45) is 0 Å². The largest absolute Gasteiger partial charge is 0.309 e. The average Bonchev–Trinajstić information content (AvgIpc) is 3.61. The highest BCUT2D eigenvalue weighted by molar-refractivity contribution is 6.43. The van der Waals surface area contributed by atoms with E-state index in [4.69, 9.17) is 0 Å². The zero-order chi connectivity index (χ0) is 26.1. The number of carbonyl (C=O) groups is 2. The van der Waals surface area contributed by atoms with Crippen molar-refractivity contribution in [3.63, 3.8) is 0 Å². The van der Waals surface area contributed by atoms with E-state index in [1.54, 1.807) is 24.3 Å². The fourth-order valence-electron chi connectivity index (χ4n) is 6.19. The molecule has 1 heterocycles. The number of aromatic nitrogens is 1. The molecule has 0 aliphatic heterocycles. The molecule has 0 radical (unpaired) electrons. The Kier molecular flexibility index (Phi) is 4.53. The number of hydrogen-bond donors (Lipinski definition) is 0. The van der Waals surface area contributed by atoms with E-state index in [0.29, 0.717) is 16.7 Å². The number of para-hydroxylation sites is 2. The van der Waals surface area contributed by atoms with Gasteiger partial charge in [0.15, 0.2) is 11.6 Å². The standard InChI is InChI=1S/C36H21NO2/c38-35-28-13-3-4-14-29(28)36(39)34(35)31-21-30(24-9-1-2-10-25(24)31)22-17-19-23(20-18-22)37-32-15-7-5-11-26(32)27-12-6-8-16-33(27)37/h1-21H. The molecule has 2 aliphatic carbocycles. The van der Waals surface area contributed by atoms with Crippen molar-refractivity contribution in [2.45, 2.75) is 0 Å². The van der Waals surface area contributed by atoms with Gasteiger partial charge in [-0.25, -0.2) is 0 Å². The number of fused-ring (bicyclic) bond motifs is 5. The lowest BCUT2D eigenvalue weighted by molar-refractivity contribution is 0.0990. The van der Waals surface area contributed by atoms with Crippen molar-refractivity contribution in [1.82, 2.24) is 4.57 Å². The molecule has 3 nitrogen and oxygen atoms in total. The minimum Gasteiger partial charge on any atom is -0.309 e. The van der Waals surface area contributed by atoms with Crippen LogP contribution in [0.1, 0.15) is 37.4 Å². The lowest BCUT2D eigenvalue weighted by Gasteiger charge is -2.10. The van der Waals surface area contributed by atoms with Gasteiger partial charge in [-0.15, -0.1) is 0 Å². The normalized spacial score (nSPS) is 14.3. The highest BCUT2D eigenvalue weighted by Gasteiger charge is 2.37. The fraction of sp³-hybridized carbons (Fsp3) is 0. The van der Waals surface area contributed by atoms with Crippen LogP contribution in [0.15, 0.2) is 133 Å². The Bertz CT molecular complexity index is 2000. The second kappa shape index (κ2) is 8.11. The number of Topliss-reactive ketones (excluding diaryl/α,β-unsaturated/α-hetero) is 2. The van der Waals surface area contributed by atoms with E-state index < -0.39 is 0 Å². The average molecular weight is 500 g/mol. The van der Waals surface area contributed by atoms with Crippen molar-refractivity contribution < 1.29 is 9.59 Å². The van der Waals surface area contributed by atoms with Gasteiger partial charge >= 0.3 is 0 Å². The molecule has 5 aromatic carbocycles. The monoisotopic (exact) mass is 499 g/mol. The minimum atomic E-state index is -0.195. The maximum absolute atomic E-state index is 13.3. The van der Waals surface area contributed by atoms with Crippen molar-refractivity contribution in [3.8, 4) is 5.69 Å². The molecule has 0 amide bonds. The van der Waals surface area contributed by atoms with Crippen molar-refractivity contribution in [2.75, 3.05) is 0 Å². The van der Waals surface area contributed by atoms with Crippen LogP contribution in [-0.4, -0.2) is 16.1 Å². The molecule has 0 atom stereocenters. The van der Waals surface area contributed by atoms with Gasteiger partial charge in [0.25, 0.3) is 0 Å². The molecule has 0 bridgehead atoms. The van der Waals surface area contributed by atoms with Crippen molar-refractivity contribution >= 4 is 44.5 Å². The minimum absolute atomic E-state index is 0.195. The van der Waals surface area contributed by atoms with Crippen molar-refractivity contribution in [3.05, 3.63) is 161 Å². The maximum Gasteiger partial charge on any atom is 0.198 e. The molecule has 0 saturated carbocycles. The van der Waals surface area contributed by atoms with E-state index in [1.165, 1.54) is 21.8 Å². The number of carbonyl (C=O) groups excluding carboxylic acids is 2. The topological polar surface area (TPSA) is 39.1 Å². The third kappa shape index (κ3) is 3.04. The summed E-state index contributed by atoms with van der Waals surface area (Å²) in [6, 6.07) is 40.6. The van der Waals surface area contributed by atoms with Crippen LogP contribution >= 0.6 is 0 Å². The van der Waals surface area contributed by atoms with Crippen LogP contribution in [0.2, 0.25) is 0 Å². The van der Waals surface area contributed by atoms with Gasteiger partial charge in [-0.1, -0.05) is 97.1 Å². The first-order valence-corrected chi connectivity index (χ1v) is 13.0. The van der Waals surface area contributed by atoms with Crippen LogP contribution in [-0.2, 0) is 0 Å². The highest BCUT2D eigenvalue weighted by atomic mass is 16.2. The van der Waals surface area contributed by atoms with Gasteiger partial charge in [-0.3, -0.25) is 9.59 Å². The van der Waals surface area contributed by atoms with Crippen LogP contribution < -0.4 is 0 Å². The molecule has 0 spiro atoms. The van der Waals surface area contributed by atoms with Gasteiger partial charge in [-0.05, 0) is 58.2 Å². The summed E-state index contributed by atoms with van der Waals surface area (Å²) in [5, 5.41) is 2.46. The number of rotatable bonds is 2. The van der Waals surface area contributed by atoms with E-state index >= 15 is 0 Å². The molecular formula is C36H21NO2. The first-order chi connectivity index (χ1) is 19.2. The summed E-state index contributed by atoms with van der Waals surface area (Å²) in [5.41, 5.74) is 9.36. The first-order valence-electron chi connectivity index (χ1n) is 13.0. The van der Waals surface area contributed by atoms with Crippen LogP contribution in [0.3, 0.4) is 0 Å². The molecule has 2 aliphatic rings. The molecule has 0 unspecified atom stereocenters. The Hall–Kier alpha value is -5.28. The summed E-state index contributed by atoms with van der Waals surface area (Å²) < 4.78 is 2.30. The second-order valence-corrected chi connectivity index (χ2v) is 10.0. The summed E-state index contributed by atoms with van der Waals surface area (Å²) in [6.45, 7) is 0. The van der Waals surface area contributed by atoms with Crippen LogP contribution in [0.25, 0.3) is 38.6 Å². The maximum atomic E-state index is 13.3. The quantitative estimate of drug-likeness (QED) is 0.179. The lowest BCUT2D eigenvalue weighted by Crippen LogP contribution is -2.03. The first kappa shape index (κ1) is 21.8. The van der Waals surface area contributed by atoms with E-state index in [1.807, 2.05) is 24.3 Å². The Labute approximate surface area is 225 Å². The summed E-state index contributed by atoms with van der Waals surface area (Å²) >= 11 is 0. The fourth-order valence-corrected chi connectivity index (χ4v) is 6.19. The van der Waals surface area contributed by atoms with Crippen LogP contribution in [0, 0.1) is 0 Å². The third-order valence-electron chi connectivity index (χ3n) is 7.95. The van der Waals surface area contributed by atoms with Crippen molar-refractivity contribution in [1.29, 1.82) is 0 Å². The summed E-state index contributed by atoms with van der Waals surface area (Å²) in [5.74, 6) is -0.390. The number of ketones is 2. The van der Waals surface area contributed by atoms with Gasteiger partial charge in [0.05, 0.1) is 16.6 Å². The van der Waals surface area contributed by atoms with Gasteiger partial charge in [-0.2, -0.15) is 0 Å². The Morgan fingerprint density at radius 3 is 1.54 bits per heavy atom. The molecule has 182 valence electrons. The Morgan fingerprint density at radius 2 is 0.949 bits per heavy atom. The van der Waals surface area contributed by atoms with E-state index in [2.05, 4.69) is 83.4 Å². The summed E-state index contributed by atoms with van der Waals surface area (Å²) in [7, 11) is 0. The summed E-state index contributed by atoms with van der Waals surface area (Å²) in [4.78, 5) is 26.7. The van der Waals surface area contributed by atoms with E-state index in [9.17, 15) is 9.59 Å². The Morgan fingerprint density at radius 1 is 0.462 bits per heavy atom. The van der Waals surface area contributed by atoms with Crippen LogP contribution in [0.4, 0.5) is 0 Å². The third-order valence-corrected chi connectivity index (χ3v) is 7.95. The van der Waals surface area contributed by atoms with E-state index in [-0.39, 0.29) is 17.1 Å². The Balaban J connectivity index is 1.28. The molecule has 8 rings (SSSR count). The molecule has 1 aromatic heterocycles. The van der Waals surface area contributed by atoms with E-state index in [0.717, 1.165) is 28.0 Å². The predicted molar refractivity (Wildman–Crippen MR) is 156 cm³/mol. The molecule has 3 heteroatoms. The molecular weight excluding hydrogens is 478 g/mol. The van der Waals surface area contributed by atoms with Crippen LogP contribution in [0.5, 0.6) is 0 Å². The number of benzene rings is 5. The smallest absolute Gasteiger partial charge is 0.198 e. The molecule has 0 N–H and O–H groups in total. The number of allylic oxidation sites excluding steroid dienone is 3. The molecule has 39 heavy (non-hydrogen) atoms. The molecule has 0 saturated heterocycles. The summed E-state index contributed by atoms with van der Waals surface area (Å²) in [6.07, 6.45) is 2.01. The van der Waals surface area contributed by atoms with Gasteiger partial charge in [0, 0.05) is 27.6 Å².